The molecule has 0 unspecified atom stereocenters. The maximum Gasteiger partial charge on any atom is 0.213 e. The molecule has 0 spiro atoms. The average molecular weight is 251 g/mol. The number of fused-ring (bicyclic) bond motifs is 1. The lowest BCUT2D eigenvalue weighted by atomic mass is 10.2. The van der Waals surface area contributed by atoms with E-state index in [1.54, 1.807) is 19.5 Å². The Morgan fingerprint density at radius 1 is 1.00 bits per heavy atom. The monoisotopic (exact) mass is 251 g/mol. The highest BCUT2D eigenvalue weighted by atomic mass is 16.5. The minimum absolute atomic E-state index is 0.603. The number of anilines is 2. The van der Waals surface area contributed by atoms with Gasteiger partial charge in [-0.3, -0.25) is 4.98 Å². The molecule has 3 rings (SSSR count). The molecule has 4 heteroatoms. The summed E-state index contributed by atoms with van der Waals surface area (Å²) in [6, 6.07) is 13.8. The first-order valence-corrected chi connectivity index (χ1v) is 5.97. The summed E-state index contributed by atoms with van der Waals surface area (Å²) in [6.07, 6.45) is 3.53. The summed E-state index contributed by atoms with van der Waals surface area (Å²) in [5, 5.41) is 4.42. The Balaban J connectivity index is 1.87. The zero-order chi connectivity index (χ0) is 13.1. The first-order valence-electron chi connectivity index (χ1n) is 5.97. The topological polar surface area (TPSA) is 47.0 Å². The van der Waals surface area contributed by atoms with Gasteiger partial charge in [-0.1, -0.05) is 12.1 Å². The average Bonchev–Trinajstić information content (AvgIpc) is 2.48. The van der Waals surface area contributed by atoms with E-state index in [9.17, 15) is 0 Å². The van der Waals surface area contributed by atoms with Gasteiger partial charge in [-0.15, -0.1) is 0 Å². The van der Waals surface area contributed by atoms with Crippen LogP contribution in [0.1, 0.15) is 0 Å². The van der Waals surface area contributed by atoms with Gasteiger partial charge in [0.25, 0.3) is 0 Å². The normalized spacial score (nSPS) is 10.4. The zero-order valence-corrected chi connectivity index (χ0v) is 10.5. The van der Waals surface area contributed by atoms with Crippen LogP contribution in [0.2, 0.25) is 0 Å². The summed E-state index contributed by atoms with van der Waals surface area (Å²) < 4.78 is 5.03. The molecule has 0 amide bonds. The lowest BCUT2D eigenvalue weighted by Crippen LogP contribution is -1.93. The van der Waals surface area contributed by atoms with Gasteiger partial charge in [0, 0.05) is 23.3 Å². The lowest BCUT2D eigenvalue weighted by Gasteiger charge is -2.07. The van der Waals surface area contributed by atoms with Gasteiger partial charge in [-0.05, 0) is 24.3 Å². The molecule has 0 saturated carbocycles. The molecule has 0 radical (unpaired) electrons. The number of methoxy groups -OCH3 is 1. The molecule has 4 nitrogen and oxygen atoms in total. The Labute approximate surface area is 111 Å². The van der Waals surface area contributed by atoms with Crippen LogP contribution in [0.3, 0.4) is 0 Å². The van der Waals surface area contributed by atoms with E-state index in [-0.39, 0.29) is 0 Å². The summed E-state index contributed by atoms with van der Waals surface area (Å²) in [7, 11) is 1.60. The van der Waals surface area contributed by atoms with E-state index in [2.05, 4.69) is 15.3 Å². The number of aromatic nitrogens is 2. The highest BCUT2D eigenvalue weighted by Crippen LogP contribution is 2.21. The summed E-state index contributed by atoms with van der Waals surface area (Å²) in [6.45, 7) is 0. The van der Waals surface area contributed by atoms with Crippen molar-refractivity contribution in [3.8, 4) is 5.88 Å². The maximum atomic E-state index is 5.03. The molecule has 0 aliphatic heterocycles. The van der Waals surface area contributed by atoms with E-state index < -0.39 is 0 Å². The Morgan fingerprint density at radius 3 is 2.68 bits per heavy atom. The third-order valence-electron chi connectivity index (χ3n) is 2.84. The van der Waals surface area contributed by atoms with Crippen molar-refractivity contribution in [3.05, 3.63) is 54.9 Å². The molecule has 0 bridgehead atoms. The smallest absolute Gasteiger partial charge is 0.213 e. The van der Waals surface area contributed by atoms with Crippen LogP contribution in [-0.2, 0) is 0 Å². The third kappa shape index (κ3) is 2.47. The Bertz CT molecular complexity index is 695. The zero-order valence-electron chi connectivity index (χ0n) is 10.5. The van der Waals surface area contributed by atoms with Crippen LogP contribution in [0.4, 0.5) is 11.4 Å². The molecule has 19 heavy (non-hydrogen) atoms. The van der Waals surface area contributed by atoms with Crippen LogP contribution in [0.15, 0.2) is 54.9 Å². The third-order valence-corrected chi connectivity index (χ3v) is 2.84. The van der Waals surface area contributed by atoms with Gasteiger partial charge in [0.2, 0.25) is 5.88 Å². The van der Waals surface area contributed by atoms with Crippen LogP contribution >= 0.6 is 0 Å². The fraction of sp³-hybridized carbons (Fsp3) is 0.0667. The number of ether oxygens (including phenoxy) is 1. The molecule has 94 valence electrons. The molecule has 0 atom stereocenters. The van der Waals surface area contributed by atoms with Crippen molar-refractivity contribution < 1.29 is 4.74 Å². The molecule has 1 aromatic carbocycles. The predicted octanol–water partition coefficient (Wildman–Crippen LogP) is 3.38. The quantitative estimate of drug-likeness (QED) is 0.775. The van der Waals surface area contributed by atoms with Crippen molar-refractivity contribution in [2.24, 2.45) is 0 Å². The van der Waals surface area contributed by atoms with E-state index in [0.717, 1.165) is 22.3 Å². The van der Waals surface area contributed by atoms with E-state index >= 15 is 0 Å². The van der Waals surface area contributed by atoms with Gasteiger partial charge in [-0.25, -0.2) is 4.98 Å². The molecule has 0 aliphatic rings. The molecule has 0 saturated heterocycles. The molecule has 2 heterocycles. The first-order chi connectivity index (χ1) is 9.35. The number of pyridine rings is 2. The first kappa shape index (κ1) is 11.5. The van der Waals surface area contributed by atoms with Crippen LogP contribution in [0, 0.1) is 0 Å². The van der Waals surface area contributed by atoms with Crippen molar-refractivity contribution in [1.82, 2.24) is 9.97 Å². The number of nitrogens with one attached hydrogen (secondary N) is 1. The fourth-order valence-electron chi connectivity index (χ4n) is 1.89. The number of hydrogen-bond donors (Lipinski definition) is 1. The molecule has 0 aliphatic carbocycles. The number of benzene rings is 1. The largest absolute Gasteiger partial charge is 0.481 e. The summed E-state index contributed by atoms with van der Waals surface area (Å²) in [4.78, 5) is 8.49. The second-order valence-electron chi connectivity index (χ2n) is 4.13. The van der Waals surface area contributed by atoms with Crippen LogP contribution in [0.5, 0.6) is 5.88 Å². The van der Waals surface area contributed by atoms with E-state index in [4.69, 9.17) is 4.74 Å². The lowest BCUT2D eigenvalue weighted by molar-refractivity contribution is 0.398. The van der Waals surface area contributed by atoms with Crippen molar-refractivity contribution >= 4 is 22.3 Å². The maximum absolute atomic E-state index is 5.03. The van der Waals surface area contributed by atoms with Gasteiger partial charge in [0.1, 0.15) is 0 Å². The van der Waals surface area contributed by atoms with Gasteiger partial charge < -0.3 is 10.1 Å². The van der Waals surface area contributed by atoms with Gasteiger partial charge in [0.15, 0.2) is 0 Å². The van der Waals surface area contributed by atoms with Crippen molar-refractivity contribution in [1.29, 1.82) is 0 Å². The standard InChI is InChI=1S/C15H13N3O/c1-19-15-7-6-13(10-17-15)18-12-5-4-11-3-2-8-16-14(11)9-12/h2-10,18H,1H3. The van der Waals surface area contributed by atoms with Crippen LogP contribution < -0.4 is 10.1 Å². The minimum atomic E-state index is 0.603. The van der Waals surface area contributed by atoms with Gasteiger partial charge >= 0.3 is 0 Å². The van der Waals surface area contributed by atoms with Crippen molar-refractivity contribution in [2.45, 2.75) is 0 Å². The Kier molecular flexibility index (Phi) is 2.98. The Hall–Kier alpha value is -2.62. The van der Waals surface area contributed by atoms with Gasteiger partial charge in [-0.2, -0.15) is 0 Å². The molecule has 3 aromatic rings. The van der Waals surface area contributed by atoms with E-state index in [0.29, 0.717) is 5.88 Å². The highest BCUT2D eigenvalue weighted by molar-refractivity contribution is 5.82. The summed E-state index contributed by atoms with van der Waals surface area (Å²) in [5.74, 6) is 0.603. The molecule has 1 N–H and O–H groups in total. The number of hydrogen-bond acceptors (Lipinski definition) is 4. The molecule has 0 fully saturated rings. The van der Waals surface area contributed by atoms with Crippen molar-refractivity contribution in [2.75, 3.05) is 12.4 Å². The molecular formula is C15H13N3O. The fourth-order valence-corrected chi connectivity index (χ4v) is 1.89. The molecular weight excluding hydrogens is 238 g/mol. The predicted molar refractivity (Wildman–Crippen MR) is 75.8 cm³/mol. The second-order valence-corrected chi connectivity index (χ2v) is 4.13. The van der Waals surface area contributed by atoms with Crippen molar-refractivity contribution in [3.63, 3.8) is 0 Å². The number of rotatable bonds is 3. The van der Waals surface area contributed by atoms with Crippen LogP contribution in [-0.4, -0.2) is 17.1 Å². The second kappa shape index (κ2) is 4.94. The van der Waals surface area contributed by atoms with E-state index in [1.807, 2.05) is 42.5 Å². The summed E-state index contributed by atoms with van der Waals surface area (Å²) in [5.41, 5.74) is 2.86. The molecule has 2 aromatic heterocycles. The number of nitrogens with zero attached hydrogens (tertiary/aromatic N) is 2. The SMILES string of the molecule is COc1ccc(Nc2ccc3cccnc3c2)cn1. The van der Waals surface area contributed by atoms with Gasteiger partial charge in [0.05, 0.1) is 24.5 Å². The summed E-state index contributed by atoms with van der Waals surface area (Å²) >= 11 is 0. The van der Waals surface area contributed by atoms with E-state index in [1.165, 1.54) is 0 Å². The van der Waals surface area contributed by atoms with Crippen LogP contribution in [0.25, 0.3) is 10.9 Å². The minimum Gasteiger partial charge on any atom is -0.481 e. The highest BCUT2D eigenvalue weighted by Gasteiger charge is 1.99. The Morgan fingerprint density at radius 2 is 1.89 bits per heavy atom.